The van der Waals surface area contributed by atoms with Crippen LogP contribution in [-0.4, -0.2) is 62.3 Å². The molecule has 0 saturated carbocycles. The molecule has 1 saturated heterocycles. The molecule has 0 aromatic heterocycles. The van der Waals surface area contributed by atoms with E-state index in [1.54, 1.807) is 13.2 Å². The second-order valence-electron chi connectivity index (χ2n) is 8.10. The first kappa shape index (κ1) is 26.9. The van der Waals surface area contributed by atoms with E-state index in [2.05, 4.69) is 10.2 Å². The van der Waals surface area contributed by atoms with Crippen LogP contribution in [0.1, 0.15) is 35.2 Å². The number of amides is 1. The van der Waals surface area contributed by atoms with Crippen LogP contribution < -0.4 is 15.8 Å². The minimum Gasteiger partial charge on any atom is -0.496 e. The molecule has 2 aromatic rings. The minimum atomic E-state index is -0.261. The monoisotopic (exact) mass is 481 g/mol. The summed E-state index contributed by atoms with van der Waals surface area (Å²) in [4.78, 5) is 15.2. The molecular weight excluding hydrogens is 449 g/mol. The molecule has 5 N–H and O–H groups in total. The number of piperidine rings is 1. The van der Waals surface area contributed by atoms with Crippen LogP contribution in [-0.2, 0) is 11.2 Å². The van der Waals surface area contributed by atoms with Gasteiger partial charge in [-0.05, 0) is 56.0 Å². The molecule has 33 heavy (non-hydrogen) atoms. The molecular formula is C24H33ClFN3O4. The number of likely N-dealkylation sites (tertiary alicyclic amines) is 1. The highest BCUT2D eigenvalue weighted by atomic mass is 35.5. The second kappa shape index (κ2) is 12.7. The molecule has 2 aromatic carbocycles. The van der Waals surface area contributed by atoms with Crippen molar-refractivity contribution in [3.05, 3.63) is 58.4 Å². The molecule has 0 spiro atoms. The second-order valence-corrected chi connectivity index (χ2v) is 8.51. The number of benzene rings is 2. The Morgan fingerprint density at radius 2 is 1.97 bits per heavy atom. The van der Waals surface area contributed by atoms with Gasteiger partial charge in [0, 0.05) is 26.3 Å². The summed E-state index contributed by atoms with van der Waals surface area (Å²) in [6.45, 7) is 2.59. The molecule has 182 valence electrons. The van der Waals surface area contributed by atoms with Gasteiger partial charge < -0.3 is 30.9 Å². The van der Waals surface area contributed by atoms with Gasteiger partial charge in [0.25, 0.3) is 5.91 Å². The molecule has 0 radical (unpaired) electrons. The Balaban J connectivity index is 0.00000385. The lowest BCUT2D eigenvalue weighted by molar-refractivity contribution is 0.00601. The Bertz CT molecular complexity index is 913. The molecule has 7 nitrogen and oxygen atoms in total. The first-order valence-electron chi connectivity index (χ1n) is 10.8. The minimum absolute atomic E-state index is 0. The van der Waals surface area contributed by atoms with E-state index in [9.17, 15) is 9.18 Å². The maximum absolute atomic E-state index is 13.0. The van der Waals surface area contributed by atoms with Crippen molar-refractivity contribution in [2.24, 2.45) is 0 Å². The molecule has 1 aliphatic heterocycles. The van der Waals surface area contributed by atoms with E-state index in [0.29, 0.717) is 22.0 Å². The van der Waals surface area contributed by atoms with Crippen LogP contribution in [0.15, 0.2) is 36.4 Å². The first-order chi connectivity index (χ1) is 15.4. The number of carbonyl (C=O) groups is 1. The van der Waals surface area contributed by atoms with E-state index in [4.69, 9.17) is 26.8 Å². The predicted octanol–water partition coefficient (Wildman–Crippen LogP) is 3.09. The SMILES string of the molecule is COc1cc(N)c(Cl)cc1C(=O)N[C@H]1CCN(CCCCc2ccc(F)cc2)C[C@H]1OC.O. The van der Waals surface area contributed by atoms with E-state index < -0.39 is 0 Å². The summed E-state index contributed by atoms with van der Waals surface area (Å²) in [5.74, 6) is -0.0761. The fraction of sp³-hybridized carbons (Fsp3) is 0.458. The Kier molecular flexibility index (Phi) is 10.4. The summed E-state index contributed by atoms with van der Waals surface area (Å²) in [5, 5.41) is 3.39. The number of carbonyl (C=O) groups excluding carboxylic acids is 1. The number of aryl methyl sites for hydroxylation is 1. The standard InChI is InChI=1S/C24H31ClFN3O3.H2O/c1-31-22-14-20(27)19(25)13-18(22)24(30)28-21-10-12-29(15-23(21)32-2)11-4-3-5-16-6-8-17(26)9-7-16;/h6-9,13-14,21,23H,3-5,10-12,15,27H2,1-2H3,(H,28,30);1H2/t21-,23+;/m0./s1. The number of methoxy groups -OCH3 is 2. The Labute approximate surface area is 199 Å². The predicted molar refractivity (Wildman–Crippen MR) is 128 cm³/mol. The zero-order valence-corrected chi connectivity index (χ0v) is 19.8. The van der Waals surface area contributed by atoms with E-state index in [-0.39, 0.29) is 29.3 Å². The highest BCUT2D eigenvalue weighted by Gasteiger charge is 2.31. The fourth-order valence-electron chi connectivity index (χ4n) is 4.06. The van der Waals surface area contributed by atoms with Crippen LogP contribution in [0.25, 0.3) is 0 Å². The number of nitrogens with zero attached hydrogens (tertiary/aromatic N) is 1. The van der Waals surface area contributed by atoms with E-state index >= 15 is 0 Å². The number of unbranched alkanes of at least 4 members (excludes halogenated alkanes) is 1. The van der Waals surface area contributed by atoms with Crippen molar-refractivity contribution in [1.82, 2.24) is 10.2 Å². The van der Waals surface area contributed by atoms with Crippen molar-refractivity contribution < 1.29 is 24.1 Å². The van der Waals surface area contributed by atoms with Crippen molar-refractivity contribution in [2.75, 3.05) is 39.6 Å². The van der Waals surface area contributed by atoms with Gasteiger partial charge in [-0.15, -0.1) is 0 Å². The Hall–Kier alpha value is -2.39. The van der Waals surface area contributed by atoms with Crippen molar-refractivity contribution in [2.45, 2.75) is 37.8 Å². The quantitative estimate of drug-likeness (QED) is 0.422. The highest BCUT2D eigenvalue weighted by Crippen LogP contribution is 2.29. The summed E-state index contributed by atoms with van der Waals surface area (Å²) in [6, 6.07) is 9.67. The van der Waals surface area contributed by atoms with Gasteiger partial charge in [-0.1, -0.05) is 23.7 Å². The molecule has 1 heterocycles. The number of nitrogen functional groups attached to an aromatic ring is 1. The number of nitrogens with two attached hydrogens (primary N) is 1. The Morgan fingerprint density at radius 1 is 1.24 bits per heavy atom. The number of ether oxygens (including phenoxy) is 2. The van der Waals surface area contributed by atoms with Crippen LogP contribution >= 0.6 is 11.6 Å². The van der Waals surface area contributed by atoms with Gasteiger partial charge in [0.1, 0.15) is 11.6 Å². The van der Waals surface area contributed by atoms with Crippen LogP contribution in [0.2, 0.25) is 5.02 Å². The lowest BCUT2D eigenvalue weighted by atomic mass is 10.00. The molecule has 9 heteroatoms. The number of hydrogen-bond donors (Lipinski definition) is 2. The number of hydrogen-bond acceptors (Lipinski definition) is 5. The van der Waals surface area contributed by atoms with Crippen LogP contribution in [0, 0.1) is 5.82 Å². The molecule has 0 unspecified atom stereocenters. The van der Waals surface area contributed by atoms with Gasteiger partial charge in [-0.25, -0.2) is 4.39 Å². The van der Waals surface area contributed by atoms with Gasteiger partial charge in [0.2, 0.25) is 0 Å². The third-order valence-corrected chi connectivity index (χ3v) is 6.26. The topological polar surface area (TPSA) is 108 Å². The van der Waals surface area contributed by atoms with E-state index in [0.717, 1.165) is 50.9 Å². The average molecular weight is 482 g/mol. The Morgan fingerprint density at radius 3 is 2.64 bits per heavy atom. The van der Waals surface area contributed by atoms with Gasteiger partial charge in [0.05, 0.1) is 35.5 Å². The highest BCUT2D eigenvalue weighted by molar-refractivity contribution is 6.33. The number of halogens is 2. The van der Waals surface area contributed by atoms with Gasteiger partial charge >= 0.3 is 0 Å². The third kappa shape index (κ3) is 7.30. The number of rotatable bonds is 9. The maximum atomic E-state index is 13.0. The number of anilines is 1. The molecule has 1 aliphatic rings. The maximum Gasteiger partial charge on any atom is 0.255 e. The normalized spacial score (nSPS) is 18.4. The first-order valence-corrected chi connectivity index (χ1v) is 11.2. The summed E-state index contributed by atoms with van der Waals surface area (Å²) >= 11 is 6.10. The smallest absolute Gasteiger partial charge is 0.255 e. The van der Waals surface area contributed by atoms with Gasteiger partial charge in [-0.2, -0.15) is 0 Å². The van der Waals surface area contributed by atoms with Crippen molar-refractivity contribution in [3.8, 4) is 5.75 Å². The fourth-order valence-corrected chi connectivity index (χ4v) is 4.23. The van der Waals surface area contributed by atoms with Crippen LogP contribution in [0.3, 0.4) is 0 Å². The van der Waals surface area contributed by atoms with Crippen molar-refractivity contribution in [1.29, 1.82) is 0 Å². The van der Waals surface area contributed by atoms with Crippen LogP contribution in [0.4, 0.5) is 10.1 Å². The zero-order valence-electron chi connectivity index (χ0n) is 19.1. The third-order valence-electron chi connectivity index (χ3n) is 5.93. The van der Waals surface area contributed by atoms with Crippen molar-refractivity contribution in [3.63, 3.8) is 0 Å². The summed E-state index contributed by atoms with van der Waals surface area (Å²) in [6.07, 6.45) is 3.70. The summed E-state index contributed by atoms with van der Waals surface area (Å²) in [5.41, 5.74) is 7.68. The molecule has 1 fully saturated rings. The summed E-state index contributed by atoms with van der Waals surface area (Å²) < 4.78 is 24.0. The lowest BCUT2D eigenvalue weighted by Crippen LogP contribution is -2.54. The number of nitrogens with one attached hydrogen (secondary N) is 1. The van der Waals surface area contributed by atoms with E-state index in [1.165, 1.54) is 25.3 Å². The van der Waals surface area contributed by atoms with Gasteiger partial charge in [-0.3, -0.25) is 4.79 Å². The van der Waals surface area contributed by atoms with Crippen LogP contribution in [0.5, 0.6) is 5.75 Å². The van der Waals surface area contributed by atoms with Gasteiger partial charge in [0.15, 0.2) is 0 Å². The molecule has 1 amide bonds. The summed E-state index contributed by atoms with van der Waals surface area (Å²) in [7, 11) is 3.16. The lowest BCUT2D eigenvalue weighted by Gasteiger charge is -2.38. The molecule has 2 atom stereocenters. The van der Waals surface area contributed by atoms with Crippen molar-refractivity contribution >= 4 is 23.2 Å². The van der Waals surface area contributed by atoms with E-state index in [1.807, 2.05) is 12.1 Å². The molecule has 0 aliphatic carbocycles. The zero-order chi connectivity index (χ0) is 23.1. The molecule has 3 rings (SSSR count). The molecule has 0 bridgehead atoms. The largest absolute Gasteiger partial charge is 0.496 e. The average Bonchev–Trinajstić information content (AvgIpc) is 2.80.